The van der Waals surface area contributed by atoms with Crippen molar-refractivity contribution in [2.45, 2.75) is 38.6 Å². The first-order valence-electron chi connectivity index (χ1n) is 5.69. The topological polar surface area (TPSA) is 26.0 Å². The van der Waals surface area contributed by atoms with Crippen LogP contribution in [0.3, 0.4) is 0 Å². The second-order valence-corrected chi connectivity index (χ2v) is 5.00. The molecule has 1 aromatic carbocycles. The Hall–Kier alpha value is -0.530. The minimum Gasteiger partial charge on any atom is -0.324 e. The van der Waals surface area contributed by atoms with Gasteiger partial charge in [-0.1, -0.05) is 43.0 Å². The quantitative estimate of drug-likeness (QED) is 0.828. The molecule has 0 aromatic heterocycles. The Kier molecular flexibility index (Phi) is 3.32. The van der Waals surface area contributed by atoms with Crippen LogP contribution in [0.4, 0.5) is 0 Å². The second-order valence-electron chi connectivity index (χ2n) is 4.59. The first kappa shape index (κ1) is 11.0. The molecule has 0 bridgehead atoms. The first-order valence-corrected chi connectivity index (χ1v) is 6.07. The molecule has 0 saturated heterocycles. The SMILES string of the molecule is Cc1c(Cl)cccc1C(N)CC1CCC1. The van der Waals surface area contributed by atoms with Gasteiger partial charge in [0.25, 0.3) is 0 Å². The van der Waals surface area contributed by atoms with E-state index in [0.29, 0.717) is 0 Å². The number of nitrogens with two attached hydrogens (primary N) is 1. The Labute approximate surface area is 96.6 Å². The molecule has 0 aliphatic heterocycles. The third-order valence-corrected chi connectivity index (χ3v) is 3.93. The summed E-state index contributed by atoms with van der Waals surface area (Å²) >= 11 is 6.09. The fourth-order valence-electron chi connectivity index (χ4n) is 2.24. The van der Waals surface area contributed by atoms with Crippen molar-refractivity contribution in [3.05, 3.63) is 34.3 Å². The Morgan fingerprint density at radius 1 is 1.47 bits per heavy atom. The summed E-state index contributed by atoms with van der Waals surface area (Å²) in [5, 5.41) is 0.830. The van der Waals surface area contributed by atoms with Gasteiger partial charge in [-0.2, -0.15) is 0 Å². The van der Waals surface area contributed by atoms with E-state index in [9.17, 15) is 0 Å². The summed E-state index contributed by atoms with van der Waals surface area (Å²) < 4.78 is 0. The van der Waals surface area contributed by atoms with Gasteiger partial charge in [0.15, 0.2) is 0 Å². The van der Waals surface area contributed by atoms with Gasteiger partial charge in [0.2, 0.25) is 0 Å². The van der Waals surface area contributed by atoms with Crippen molar-refractivity contribution in [3.8, 4) is 0 Å². The summed E-state index contributed by atoms with van der Waals surface area (Å²) in [5.41, 5.74) is 8.58. The van der Waals surface area contributed by atoms with E-state index < -0.39 is 0 Å². The van der Waals surface area contributed by atoms with Gasteiger partial charge in [-0.15, -0.1) is 0 Å². The summed E-state index contributed by atoms with van der Waals surface area (Å²) in [7, 11) is 0. The van der Waals surface area contributed by atoms with Crippen molar-refractivity contribution in [2.75, 3.05) is 0 Å². The van der Waals surface area contributed by atoms with Gasteiger partial charge < -0.3 is 5.73 Å². The summed E-state index contributed by atoms with van der Waals surface area (Å²) in [5.74, 6) is 0.846. The van der Waals surface area contributed by atoms with Crippen molar-refractivity contribution in [1.82, 2.24) is 0 Å². The zero-order valence-electron chi connectivity index (χ0n) is 9.17. The maximum Gasteiger partial charge on any atom is 0.0438 e. The van der Waals surface area contributed by atoms with Gasteiger partial charge >= 0.3 is 0 Å². The molecular formula is C13H18ClN. The van der Waals surface area contributed by atoms with Gasteiger partial charge in [-0.3, -0.25) is 0 Å². The van der Waals surface area contributed by atoms with Crippen molar-refractivity contribution in [3.63, 3.8) is 0 Å². The van der Waals surface area contributed by atoms with E-state index in [1.165, 1.54) is 24.8 Å². The maximum atomic E-state index is 6.22. The highest BCUT2D eigenvalue weighted by atomic mass is 35.5. The minimum atomic E-state index is 0.161. The molecule has 0 amide bonds. The average molecular weight is 224 g/mol. The molecule has 1 nitrogen and oxygen atoms in total. The number of benzene rings is 1. The molecule has 2 heteroatoms. The smallest absolute Gasteiger partial charge is 0.0438 e. The molecule has 82 valence electrons. The predicted octanol–water partition coefficient (Wildman–Crippen LogP) is 3.84. The van der Waals surface area contributed by atoms with Crippen molar-refractivity contribution >= 4 is 11.6 Å². The van der Waals surface area contributed by atoms with Crippen LogP contribution in [0.2, 0.25) is 5.02 Å². The van der Waals surface area contributed by atoms with Crippen molar-refractivity contribution < 1.29 is 0 Å². The lowest BCUT2D eigenvalue weighted by molar-refractivity contribution is 0.277. The molecule has 1 fully saturated rings. The molecule has 0 spiro atoms. The van der Waals surface area contributed by atoms with Crippen LogP contribution in [0.15, 0.2) is 18.2 Å². The number of hydrogen-bond donors (Lipinski definition) is 1. The highest BCUT2D eigenvalue weighted by Crippen LogP contribution is 2.35. The molecule has 2 N–H and O–H groups in total. The third kappa shape index (κ3) is 2.35. The van der Waals surface area contributed by atoms with Gasteiger partial charge in [-0.25, -0.2) is 0 Å². The Bertz CT molecular complexity index is 344. The second kappa shape index (κ2) is 4.54. The van der Waals surface area contributed by atoms with E-state index in [1.54, 1.807) is 0 Å². The predicted molar refractivity (Wildman–Crippen MR) is 65.1 cm³/mol. The molecular weight excluding hydrogens is 206 g/mol. The molecule has 0 heterocycles. The van der Waals surface area contributed by atoms with E-state index in [1.807, 2.05) is 12.1 Å². The van der Waals surface area contributed by atoms with Crippen molar-refractivity contribution in [2.24, 2.45) is 11.7 Å². The Morgan fingerprint density at radius 3 is 2.80 bits per heavy atom. The summed E-state index contributed by atoms with van der Waals surface area (Å²) in [6, 6.07) is 6.18. The monoisotopic (exact) mass is 223 g/mol. The number of hydrogen-bond acceptors (Lipinski definition) is 1. The van der Waals surface area contributed by atoms with Crippen LogP contribution in [0.5, 0.6) is 0 Å². The van der Waals surface area contributed by atoms with Gasteiger partial charge in [0.05, 0.1) is 0 Å². The Morgan fingerprint density at radius 2 is 2.20 bits per heavy atom. The minimum absolute atomic E-state index is 0.161. The summed E-state index contributed by atoms with van der Waals surface area (Å²) in [4.78, 5) is 0. The average Bonchev–Trinajstić information content (AvgIpc) is 2.15. The standard InChI is InChI=1S/C13H18ClN/c1-9-11(6-3-7-12(9)14)13(15)8-10-4-2-5-10/h3,6-7,10,13H,2,4-5,8,15H2,1H3. The van der Waals surface area contributed by atoms with Crippen LogP contribution in [0.25, 0.3) is 0 Å². The first-order chi connectivity index (χ1) is 7.18. The maximum absolute atomic E-state index is 6.22. The normalized spacial score (nSPS) is 18.6. The molecule has 1 aromatic rings. The Balaban J connectivity index is 2.09. The summed E-state index contributed by atoms with van der Waals surface area (Å²) in [6.45, 7) is 2.05. The molecule has 1 aliphatic rings. The highest BCUT2D eigenvalue weighted by molar-refractivity contribution is 6.31. The molecule has 2 rings (SSSR count). The van der Waals surface area contributed by atoms with Crippen molar-refractivity contribution in [1.29, 1.82) is 0 Å². The molecule has 1 atom stereocenters. The van der Waals surface area contributed by atoms with E-state index in [2.05, 4.69) is 13.0 Å². The molecule has 1 unspecified atom stereocenters. The van der Waals surface area contributed by atoms with Gasteiger partial charge in [0, 0.05) is 11.1 Å². The number of rotatable bonds is 3. The number of halogens is 1. The van der Waals surface area contributed by atoms with Gasteiger partial charge in [-0.05, 0) is 36.5 Å². The van der Waals surface area contributed by atoms with E-state index in [4.69, 9.17) is 17.3 Å². The van der Waals surface area contributed by atoms with Crippen LogP contribution in [0, 0.1) is 12.8 Å². The lowest BCUT2D eigenvalue weighted by Crippen LogP contribution is -2.20. The zero-order chi connectivity index (χ0) is 10.8. The van der Waals surface area contributed by atoms with E-state index in [-0.39, 0.29) is 6.04 Å². The largest absolute Gasteiger partial charge is 0.324 e. The third-order valence-electron chi connectivity index (χ3n) is 3.52. The molecule has 1 saturated carbocycles. The molecule has 15 heavy (non-hydrogen) atoms. The van der Waals surface area contributed by atoms with Gasteiger partial charge in [0.1, 0.15) is 0 Å². The van der Waals surface area contributed by atoms with E-state index in [0.717, 1.165) is 22.9 Å². The van der Waals surface area contributed by atoms with Crippen LogP contribution in [0.1, 0.15) is 42.9 Å². The van der Waals surface area contributed by atoms with Crippen LogP contribution < -0.4 is 5.73 Å². The van der Waals surface area contributed by atoms with Crippen LogP contribution >= 0.6 is 11.6 Å². The zero-order valence-corrected chi connectivity index (χ0v) is 9.93. The van der Waals surface area contributed by atoms with E-state index >= 15 is 0 Å². The summed E-state index contributed by atoms with van der Waals surface area (Å²) in [6.07, 6.45) is 5.20. The fraction of sp³-hybridized carbons (Fsp3) is 0.538. The molecule has 1 aliphatic carbocycles. The molecule has 0 radical (unpaired) electrons. The highest BCUT2D eigenvalue weighted by Gasteiger charge is 2.21. The lowest BCUT2D eigenvalue weighted by atomic mass is 9.79. The van der Waals surface area contributed by atoms with Crippen LogP contribution in [-0.2, 0) is 0 Å². The fourth-order valence-corrected chi connectivity index (χ4v) is 2.42. The lowest BCUT2D eigenvalue weighted by Gasteiger charge is -2.28. The van der Waals surface area contributed by atoms with Crippen LogP contribution in [-0.4, -0.2) is 0 Å².